The number of benzene rings is 1. The molecule has 8 heteroatoms. The fourth-order valence-corrected chi connectivity index (χ4v) is 2.78. The molecule has 132 valence electrons. The van der Waals surface area contributed by atoms with Crippen molar-refractivity contribution in [2.75, 3.05) is 5.32 Å². The second kappa shape index (κ2) is 6.55. The SMILES string of the molecule is O=C(Cn1nc(-c2cccnc2)n(C2CC2)c1=O)Nc1cccc(F)c1. The normalized spacial score (nSPS) is 13.6. The predicted molar refractivity (Wildman–Crippen MR) is 93.0 cm³/mol. The molecule has 1 amide bonds. The molecule has 0 saturated heterocycles. The van der Waals surface area contributed by atoms with E-state index >= 15 is 0 Å². The Morgan fingerprint density at radius 1 is 1.27 bits per heavy atom. The molecule has 0 spiro atoms. The predicted octanol–water partition coefficient (Wildman–Crippen LogP) is 2.22. The minimum Gasteiger partial charge on any atom is -0.324 e. The molecule has 1 aliphatic rings. The van der Waals surface area contributed by atoms with E-state index in [0.29, 0.717) is 11.5 Å². The Bertz CT molecular complexity index is 1010. The van der Waals surface area contributed by atoms with Crippen molar-refractivity contribution in [2.24, 2.45) is 0 Å². The van der Waals surface area contributed by atoms with E-state index in [1.807, 2.05) is 6.07 Å². The quantitative estimate of drug-likeness (QED) is 0.762. The Morgan fingerprint density at radius 2 is 2.12 bits per heavy atom. The van der Waals surface area contributed by atoms with Crippen LogP contribution in [0.5, 0.6) is 0 Å². The number of hydrogen-bond donors (Lipinski definition) is 1. The number of anilines is 1. The van der Waals surface area contributed by atoms with Crippen LogP contribution >= 0.6 is 0 Å². The van der Waals surface area contributed by atoms with Crippen LogP contribution in [0.1, 0.15) is 18.9 Å². The molecule has 3 aromatic rings. The number of carbonyl (C=O) groups is 1. The van der Waals surface area contributed by atoms with E-state index in [-0.39, 0.29) is 18.3 Å². The summed E-state index contributed by atoms with van der Waals surface area (Å²) in [6.45, 7) is -0.248. The molecule has 7 nitrogen and oxygen atoms in total. The first kappa shape index (κ1) is 16.2. The van der Waals surface area contributed by atoms with Crippen molar-refractivity contribution in [1.29, 1.82) is 0 Å². The lowest BCUT2D eigenvalue weighted by Gasteiger charge is -2.04. The third kappa shape index (κ3) is 3.26. The van der Waals surface area contributed by atoms with Gasteiger partial charge in [0.1, 0.15) is 12.4 Å². The lowest BCUT2D eigenvalue weighted by molar-refractivity contribution is -0.117. The van der Waals surface area contributed by atoms with Gasteiger partial charge in [-0.1, -0.05) is 6.07 Å². The minimum absolute atomic E-state index is 0.109. The fraction of sp³-hybridized carbons (Fsp3) is 0.222. The fourth-order valence-electron chi connectivity index (χ4n) is 2.78. The number of nitrogens with zero attached hydrogens (tertiary/aromatic N) is 4. The molecule has 1 aromatic carbocycles. The van der Waals surface area contributed by atoms with Crippen molar-refractivity contribution in [3.63, 3.8) is 0 Å². The van der Waals surface area contributed by atoms with Gasteiger partial charge in [-0.05, 0) is 43.2 Å². The van der Waals surface area contributed by atoms with Crippen molar-refractivity contribution >= 4 is 11.6 Å². The van der Waals surface area contributed by atoms with Crippen molar-refractivity contribution in [3.05, 3.63) is 65.1 Å². The van der Waals surface area contributed by atoms with E-state index < -0.39 is 11.7 Å². The van der Waals surface area contributed by atoms with Crippen LogP contribution in [-0.2, 0) is 11.3 Å². The zero-order chi connectivity index (χ0) is 18.1. The van der Waals surface area contributed by atoms with Gasteiger partial charge in [0.25, 0.3) is 0 Å². The van der Waals surface area contributed by atoms with Gasteiger partial charge in [-0.25, -0.2) is 13.9 Å². The summed E-state index contributed by atoms with van der Waals surface area (Å²) in [5, 5.41) is 6.90. The van der Waals surface area contributed by atoms with Crippen molar-refractivity contribution in [3.8, 4) is 11.4 Å². The average Bonchev–Trinajstić information content (AvgIpc) is 3.41. The van der Waals surface area contributed by atoms with Gasteiger partial charge in [0.05, 0.1) is 0 Å². The molecule has 1 N–H and O–H groups in total. The van der Waals surface area contributed by atoms with Gasteiger partial charge >= 0.3 is 5.69 Å². The lowest BCUT2D eigenvalue weighted by atomic mass is 10.3. The molecule has 2 aromatic heterocycles. The molecule has 4 rings (SSSR count). The molecule has 0 atom stereocenters. The first-order valence-corrected chi connectivity index (χ1v) is 8.27. The molecule has 0 bridgehead atoms. The van der Waals surface area contributed by atoms with Crippen LogP contribution in [-0.4, -0.2) is 25.2 Å². The number of rotatable bonds is 5. The highest BCUT2D eigenvalue weighted by Gasteiger charge is 2.30. The molecular formula is C18H16FN5O2. The summed E-state index contributed by atoms with van der Waals surface area (Å²) in [5.74, 6) is -0.392. The first-order valence-electron chi connectivity index (χ1n) is 8.27. The largest absolute Gasteiger partial charge is 0.346 e. The monoisotopic (exact) mass is 353 g/mol. The molecule has 0 unspecified atom stereocenters. The Hall–Kier alpha value is -3.29. The maximum Gasteiger partial charge on any atom is 0.346 e. The van der Waals surface area contributed by atoms with Crippen LogP contribution < -0.4 is 11.0 Å². The Kier molecular flexibility index (Phi) is 4.08. The van der Waals surface area contributed by atoms with Crippen molar-refractivity contribution in [1.82, 2.24) is 19.3 Å². The summed E-state index contributed by atoms with van der Waals surface area (Å²) in [5.41, 5.74) is 0.721. The van der Waals surface area contributed by atoms with E-state index in [1.54, 1.807) is 29.1 Å². The van der Waals surface area contributed by atoms with Crippen LogP contribution in [0.3, 0.4) is 0 Å². The number of aromatic nitrogens is 4. The smallest absolute Gasteiger partial charge is 0.324 e. The average molecular weight is 353 g/mol. The second-order valence-electron chi connectivity index (χ2n) is 6.17. The van der Waals surface area contributed by atoms with Gasteiger partial charge in [-0.15, -0.1) is 5.10 Å². The van der Waals surface area contributed by atoms with Gasteiger partial charge in [0.15, 0.2) is 5.82 Å². The lowest BCUT2D eigenvalue weighted by Crippen LogP contribution is -2.30. The van der Waals surface area contributed by atoms with Gasteiger partial charge in [-0.2, -0.15) is 0 Å². The van der Waals surface area contributed by atoms with E-state index in [1.165, 1.54) is 18.2 Å². The van der Waals surface area contributed by atoms with Crippen molar-refractivity contribution < 1.29 is 9.18 Å². The second-order valence-corrected chi connectivity index (χ2v) is 6.17. The number of carbonyl (C=O) groups excluding carboxylic acids is 1. The summed E-state index contributed by atoms with van der Waals surface area (Å²) in [4.78, 5) is 29.0. The van der Waals surface area contributed by atoms with E-state index in [4.69, 9.17) is 0 Å². The number of amides is 1. The molecule has 26 heavy (non-hydrogen) atoms. The summed E-state index contributed by atoms with van der Waals surface area (Å²) in [6.07, 6.45) is 5.10. The van der Waals surface area contributed by atoms with Crippen molar-refractivity contribution in [2.45, 2.75) is 25.4 Å². The number of hydrogen-bond acceptors (Lipinski definition) is 4. The number of nitrogens with one attached hydrogen (secondary N) is 1. The maximum atomic E-state index is 13.2. The van der Waals surface area contributed by atoms with E-state index in [9.17, 15) is 14.0 Å². The third-order valence-corrected chi connectivity index (χ3v) is 4.10. The Labute approximate surface area is 148 Å². The van der Waals surface area contributed by atoms with Crippen LogP contribution in [0, 0.1) is 5.82 Å². The van der Waals surface area contributed by atoms with Gasteiger partial charge in [-0.3, -0.25) is 14.3 Å². The van der Waals surface area contributed by atoms with Crippen LogP contribution in [0.25, 0.3) is 11.4 Å². The molecule has 1 aliphatic carbocycles. The molecule has 0 radical (unpaired) electrons. The summed E-state index contributed by atoms with van der Waals surface area (Å²) in [6, 6.07) is 9.28. The highest BCUT2D eigenvalue weighted by Crippen LogP contribution is 2.36. The zero-order valence-corrected chi connectivity index (χ0v) is 13.8. The highest BCUT2D eigenvalue weighted by molar-refractivity contribution is 5.90. The van der Waals surface area contributed by atoms with E-state index in [0.717, 1.165) is 23.1 Å². The summed E-state index contributed by atoms with van der Waals surface area (Å²) in [7, 11) is 0. The zero-order valence-electron chi connectivity index (χ0n) is 13.8. The molecule has 0 aliphatic heterocycles. The number of halogens is 1. The molecular weight excluding hydrogens is 337 g/mol. The van der Waals surface area contributed by atoms with E-state index in [2.05, 4.69) is 15.4 Å². The Morgan fingerprint density at radius 3 is 2.81 bits per heavy atom. The number of pyridine rings is 1. The highest BCUT2D eigenvalue weighted by atomic mass is 19.1. The topological polar surface area (TPSA) is 81.8 Å². The van der Waals surface area contributed by atoms with Gasteiger partial charge in [0, 0.05) is 29.7 Å². The minimum atomic E-state index is -0.448. The van der Waals surface area contributed by atoms with Crippen LogP contribution in [0.15, 0.2) is 53.6 Å². The molecule has 2 heterocycles. The molecule has 1 saturated carbocycles. The maximum absolute atomic E-state index is 13.2. The van der Waals surface area contributed by atoms with Gasteiger partial charge < -0.3 is 5.32 Å². The Balaban J connectivity index is 1.61. The van der Waals surface area contributed by atoms with Gasteiger partial charge in [0.2, 0.25) is 5.91 Å². The summed E-state index contributed by atoms with van der Waals surface area (Å²) >= 11 is 0. The first-order chi connectivity index (χ1) is 12.6. The molecule has 1 fully saturated rings. The van der Waals surface area contributed by atoms with Crippen LogP contribution in [0.4, 0.5) is 10.1 Å². The standard InChI is InChI=1S/C18H16FN5O2/c19-13-4-1-5-14(9-13)21-16(25)11-23-18(26)24(15-6-7-15)17(22-23)12-3-2-8-20-10-12/h1-5,8-10,15H,6-7,11H2,(H,21,25). The summed E-state index contributed by atoms with van der Waals surface area (Å²) < 4.78 is 16.0. The van der Waals surface area contributed by atoms with Crippen LogP contribution in [0.2, 0.25) is 0 Å². The third-order valence-electron chi connectivity index (χ3n) is 4.10.